The number of nitrogens with one attached hydrogen (secondary N) is 1. The maximum atomic E-state index is 11.2. The molecule has 7 heteroatoms. The summed E-state index contributed by atoms with van der Waals surface area (Å²) in [5, 5.41) is 2.31. The molecule has 7 nitrogen and oxygen atoms in total. The minimum absolute atomic E-state index is 0.202. The molecule has 0 aliphatic carbocycles. The molecule has 0 aromatic heterocycles. The second-order valence-corrected chi connectivity index (χ2v) is 3.06. The van der Waals surface area contributed by atoms with Crippen molar-refractivity contribution in [3.8, 4) is 0 Å². The number of carbonyl (C=O) groups is 2. The van der Waals surface area contributed by atoms with Crippen LogP contribution in [0.25, 0.3) is 0 Å². The van der Waals surface area contributed by atoms with Crippen molar-refractivity contribution in [2.45, 2.75) is 13.8 Å². The maximum absolute atomic E-state index is 11.2. The molecule has 1 rings (SSSR count). The number of carbonyl (C=O) groups excluding carboxylic acids is 4. The van der Waals surface area contributed by atoms with Crippen molar-refractivity contribution in [3.05, 3.63) is 11.6 Å². The van der Waals surface area contributed by atoms with E-state index < -0.39 is 11.8 Å². The van der Waals surface area contributed by atoms with Crippen molar-refractivity contribution in [1.29, 1.82) is 0 Å². The molecular weight excluding hydrogens is 214 g/mol. The lowest BCUT2D eigenvalue weighted by molar-refractivity contribution is -0.135. The van der Waals surface area contributed by atoms with Crippen LogP contribution in [-0.2, 0) is 19.2 Å². The summed E-state index contributed by atoms with van der Waals surface area (Å²) >= 11 is 0. The van der Waals surface area contributed by atoms with Gasteiger partial charge in [0.1, 0.15) is 6.67 Å². The van der Waals surface area contributed by atoms with Gasteiger partial charge in [0.25, 0.3) is 0 Å². The molecule has 2 amide bonds. The molecule has 1 aliphatic rings. The molecule has 0 saturated carbocycles. The Labute approximate surface area is 91.0 Å². The van der Waals surface area contributed by atoms with Gasteiger partial charge in [-0.3, -0.25) is 19.4 Å². The Morgan fingerprint density at radius 2 is 1.44 bits per heavy atom. The fourth-order valence-electron chi connectivity index (χ4n) is 1.21. The highest BCUT2D eigenvalue weighted by Crippen LogP contribution is 2.13. The zero-order valence-corrected chi connectivity index (χ0v) is 8.73. The van der Waals surface area contributed by atoms with E-state index in [4.69, 9.17) is 0 Å². The normalized spacial score (nSPS) is 15.1. The third-order valence-electron chi connectivity index (χ3n) is 2.01. The number of amides is 2. The van der Waals surface area contributed by atoms with E-state index in [1.165, 1.54) is 25.7 Å². The second kappa shape index (κ2) is 4.44. The molecule has 0 radical (unpaired) electrons. The molecule has 16 heavy (non-hydrogen) atoms. The van der Waals surface area contributed by atoms with Crippen molar-refractivity contribution >= 4 is 23.7 Å². The third-order valence-corrected chi connectivity index (χ3v) is 2.01. The fourth-order valence-corrected chi connectivity index (χ4v) is 1.21. The topological polar surface area (TPSA) is 86.8 Å². The third kappa shape index (κ3) is 2.00. The van der Waals surface area contributed by atoms with Gasteiger partial charge in [0.05, 0.1) is 0 Å². The Balaban J connectivity index is 3.12. The van der Waals surface area contributed by atoms with Crippen molar-refractivity contribution in [1.82, 2.24) is 15.1 Å². The Morgan fingerprint density at radius 3 is 1.69 bits per heavy atom. The summed E-state index contributed by atoms with van der Waals surface area (Å²) in [5.41, 5.74) is 0. The molecule has 0 aromatic rings. The van der Waals surface area contributed by atoms with Crippen LogP contribution in [0.1, 0.15) is 13.8 Å². The Kier molecular flexibility index (Phi) is 3.25. The zero-order chi connectivity index (χ0) is 12.3. The lowest BCUT2D eigenvalue weighted by Gasteiger charge is -2.35. The summed E-state index contributed by atoms with van der Waals surface area (Å²) in [7, 11) is 0. The number of hydrogen-bond donors (Lipinski definition) is 1. The van der Waals surface area contributed by atoms with Crippen LogP contribution in [0.2, 0.25) is 0 Å². The van der Waals surface area contributed by atoms with Crippen molar-refractivity contribution in [2.75, 3.05) is 6.67 Å². The highest BCUT2D eigenvalue weighted by molar-refractivity contribution is 5.82. The van der Waals surface area contributed by atoms with Crippen LogP contribution in [0.3, 0.4) is 0 Å². The van der Waals surface area contributed by atoms with Crippen LogP contribution in [0.15, 0.2) is 11.6 Å². The fraction of sp³-hybridized carbons (Fsp3) is 0.333. The molecule has 0 aromatic carbocycles. The van der Waals surface area contributed by atoms with Gasteiger partial charge in [-0.25, -0.2) is 9.59 Å². The molecule has 0 atom stereocenters. The Bertz CT molecular complexity index is 404. The minimum Gasteiger partial charge on any atom is -0.309 e. The van der Waals surface area contributed by atoms with Crippen LogP contribution in [0, 0.1) is 0 Å². The van der Waals surface area contributed by atoms with Gasteiger partial charge in [-0.15, -0.1) is 0 Å². The van der Waals surface area contributed by atoms with Gasteiger partial charge in [0.15, 0.2) is 11.9 Å². The van der Waals surface area contributed by atoms with Gasteiger partial charge in [0.2, 0.25) is 23.5 Å². The van der Waals surface area contributed by atoms with E-state index in [0.29, 0.717) is 0 Å². The lowest BCUT2D eigenvalue weighted by Crippen LogP contribution is -2.53. The molecule has 0 spiro atoms. The first-order valence-corrected chi connectivity index (χ1v) is 4.34. The lowest BCUT2D eigenvalue weighted by atomic mass is 10.4. The summed E-state index contributed by atoms with van der Waals surface area (Å²) < 4.78 is 0. The van der Waals surface area contributed by atoms with E-state index in [2.05, 4.69) is 5.32 Å². The molecule has 1 aliphatic heterocycles. The molecule has 1 heterocycles. The first-order valence-electron chi connectivity index (χ1n) is 4.34. The van der Waals surface area contributed by atoms with E-state index >= 15 is 0 Å². The van der Waals surface area contributed by atoms with Crippen LogP contribution in [0.4, 0.5) is 0 Å². The van der Waals surface area contributed by atoms with Gasteiger partial charge < -0.3 is 5.32 Å². The average Bonchev–Trinajstić information content (AvgIpc) is 2.26. The number of hydrogen-bond acceptors (Lipinski definition) is 5. The van der Waals surface area contributed by atoms with E-state index in [9.17, 15) is 19.2 Å². The molecule has 1 saturated heterocycles. The Hall–Kier alpha value is -2.36. The van der Waals surface area contributed by atoms with Crippen LogP contribution in [-0.4, -0.2) is 40.2 Å². The summed E-state index contributed by atoms with van der Waals surface area (Å²) in [6, 6.07) is 0. The van der Waals surface area contributed by atoms with Crippen LogP contribution < -0.4 is 5.32 Å². The van der Waals surface area contributed by atoms with Crippen molar-refractivity contribution in [3.63, 3.8) is 0 Å². The first-order chi connectivity index (χ1) is 7.51. The van der Waals surface area contributed by atoms with E-state index in [0.717, 1.165) is 9.80 Å². The molecule has 1 N–H and O–H groups in total. The standard InChI is InChI=1S/C9H9N3O4/c1-6(15)11-5-12(7(2)16)9(4-14)10-8(11)3-13/h10H,5H2,1-2H3. The minimum atomic E-state index is -0.443. The van der Waals surface area contributed by atoms with Crippen molar-refractivity contribution in [2.24, 2.45) is 0 Å². The zero-order valence-electron chi connectivity index (χ0n) is 8.73. The van der Waals surface area contributed by atoms with E-state index in [-0.39, 0.29) is 18.3 Å². The first kappa shape index (κ1) is 11.7. The largest absolute Gasteiger partial charge is 0.309 e. The second-order valence-electron chi connectivity index (χ2n) is 3.06. The molecular formula is C9H9N3O4. The monoisotopic (exact) mass is 223 g/mol. The van der Waals surface area contributed by atoms with Gasteiger partial charge in [0, 0.05) is 13.8 Å². The summed E-state index contributed by atoms with van der Waals surface area (Å²) in [4.78, 5) is 45.4. The summed E-state index contributed by atoms with van der Waals surface area (Å²) in [5.74, 6) is 1.67. The number of nitrogens with zero attached hydrogens (tertiary/aromatic N) is 2. The summed E-state index contributed by atoms with van der Waals surface area (Å²) in [6.45, 7) is 2.26. The van der Waals surface area contributed by atoms with Gasteiger partial charge >= 0.3 is 0 Å². The Morgan fingerprint density at radius 1 is 1.06 bits per heavy atom. The number of rotatable bonds is 0. The average molecular weight is 223 g/mol. The molecule has 0 bridgehead atoms. The summed E-state index contributed by atoms with van der Waals surface area (Å²) in [6.07, 6.45) is 0. The highest BCUT2D eigenvalue weighted by atomic mass is 16.2. The van der Waals surface area contributed by atoms with Gasteiger partial charge in [-0.2, -0.15) is 0 Å². The highest BCUT2D eigenvalue weighted by Gasteiger charge is 2.30. The maximum Gasteiger partial charge on any atom is 0.227 e. The van der Waals surface area contributed by atoms with Crippen LogP contribution >= 0.6 is 0 Å². The van der Waals surface area contributed by atoms with Crippen LogP contribution in [0.5, 0.6) is 0 Å². The SMILES string of the molecule is CC(=O)N1CN(C(C)=O)C(=C=O)NC1=C=O. The smallest absolute Gasteiger partial charge is 0.227 e. The van der Waals surface area contributed by atoms with E-state index in [1.807, 2.05) is 0 Å². The van der Waals surface area contributed by atoms with Crippen molar-refractivity contribution < 1.29 is 19.2 Å². The van der Waals surface area contributed by atoms with E-state index in [1.54, 1.807) is 0 Å². The van der Waals surface area contributed by atoms with Gasteiger partial charge in [-0.1, -0.05) is 0 Å². The quantitative estimate of drug-likeness (QED) is 0.510. The predicted octanol–water partition coefficient (Wildman–Crippen LogP) is -1.41. The molecule has 1 fully saturated rings. The predicted molar refractivity (Wildman–Crippen MR) is 51.5 cm³/mol. The molecule has 0 unspecified atom stereocenters. The van der Waals surface area contributed by atoms with Gasteiger partial charge in [-0.05, 0) is 0 Å². The molecule has 84 valence electrons.